The summed E-state index contributed by atoms with van der Waals surface area (Å²) in [5, 5.41) is 9.82. The molecule has 0 unspecified atom stereocenters. The van der Waals surface area contributed by atoms with Crippen LogP contribution in [0.4, 0.5) is 4.39 Å². The molecule has 2 N–H and O–H groups in total. The minimum atomic E-state index is -0.400. The Morgan fingerprint density at radius 1 is 1.13 bits per heavy atom. The molecule has 2 aromatic heterocycles. The number of halogens is 1. The fourth-order valence-corrected chi connectivity index (χ4v) is 3.20. The fourth-order valence-electron chi connectivity index (χ4n) is 3.20. The van der Waals surface area contributed by atoms with Crippen LogP contribution in [0.15, 0.2) is 53.6 Å². The second-order valence-electron chi connectivity index (χ2n) is 7.33. The van der Waals surface area contributed by atoms with Gasteiger partial charge in [-0.25, -0.2) is 4.39 Å². The molecule has 9 heteroatoms. The molecule has 0 bridgehead atoms. The van der Waals surface area contributed by atoms with E-state index < -0.39 is 11.5 Å². The molecule has 162 valence electrons. The Morgan fingerprint density at radius 3 is 2.48 bits per heavy atom. The van der Waals surface area contributed by atoms with E-state index in [4.69, 9.17) is 0 Å². The predicted molar refractivity (Wildman–Crippen MR) is 113 cm³/mol. The van der Waals surface area contributed by atoms with Crippen molar-refractivity contribution in [3.05, 3.63) is 87.3 Å². The summed E-state index contributed by atoms with van der Waals surface area (Å²) in [4.78, 5) is 37.0. The van der Waals surface area contributed by atoms with Crippen LogP contribution in [0.3, 0.4) is 0 Å². The molecule has 3 rings (SSSR count). The summed E-state index contributed by atoms with van der Waals surface area (Å²) < 4.78 is 15.8. The number of amides is 2. The van der Waals surface area contributed by atoms with Gasteiger partial charge in [0.05, 0.1) is 17.3 Å². The monoisotopic (exact) mass is 425 g/mol. The van der Waals surface area contributed by atoms with Crippen LogP contribution < -0.4 is 16.2 Å². The number of benzene rings is 1. The molecule has 0 saturated carbocycles. The number of hydrogen-bond acceptors (Lipinski definition) is 4. The summed E-state index contributed by atoms with van der Waals surface area (Å²) in [6, 6.07) is 8.15. The second kappa shape index (κ2) is 9.38. The molecule has 2 heterocycles. The molecule has 8 nitrogen and oxygen atoms in total. The maximum absolute atomic E-state index is 13.0. The second-order valence-corrected chi connectivity index (χ2v) is 7.33. The Kier molecular flexibility index (Phi) is 6.64. The molecule has 0 fully saturated rings. The summed E-state index contributed by atoms with van der Waals surface area (Å²) in [5.74, 6) is -1.12. The van der Waals surface area contributed by atoms with E-state index in [1.807, 2.05) is 27.1 Å². The van der Waals surface area contributed by atoms with Gasteiger partial charge < -0.3 is 15.2 Å². The third kappa shape index (κ3) is 5.65. The van der Waals surface area contributed by atoms with Gasteiger partial charge in [-0.2, -0.15) is 5.10 Å². The summed E-state index contributed by atoms with van der Waals surface area (Å²) in [6.07, 6.45) is 3.20. The maximum Gasteiger partial charge on any atom is 0.253 e. The molecule has 0 radical (unpaired) electrons. The quantitative estimate of drug-likeness (QED) is 0.604. The molecule has 1 atom stereocenters. The van der Waals surface area contributed by atoms with Crippen molar-refractivity contribution in [2.75, 3.05) is 0 Å². The van der Waals surface area contributed by atoms with Crippen molar-refractivity contribution in [2.45, 2.75) is 33.0 Å². The first kappa shape index (κ1) is 21.9. The number of aromatic nitrogens is 3. The van der Waals surface area contributed by atoms with Gasteiger partial charge in [-0.3, -0.25) is 19.1 Å². The van der Waals surface area contributed by atoms with Gasteiger partial charge in [0.15, 0.2) is 0 Å². The van der Waals surface area contributed by atoms with E-state index >= 15 is 0 Å². The van der Waals surface area contributed by atoms with Crippen LogP contribution in [0.5, 0.6) is 0 Å². The summed E-state index contributed by atoms with van der Waals surface area (Å²) in [7, 11) is 1.81. The normalized spacial score (nSPS) is 11.7. The summed E-state index contributed by atoms with van der Waals surface area (Å²) in [5.41, 5.74) is 2.31. The van der Waals surface area contributed by atoms with E-state index in [2.05, 4.69) is 15.7 Å². The lowest BCUT2D eigenvalue weighted by Gasteiger charge is -2.14. The first-order valence-corrected chi connectivity index (χ1v) is 9.75. The first-order valence-electron chi connectivity index (χ1n) is 9.75. The summed E-state index contributed by atoms with van der Waals surface area (Å²) >= 11 is 0. The fraction of sp³-hybridized carbons (Fsp3) is 0.273. The average molecular weight is 425 g/mol. The smallest absolute Gasteiger partial charge is 0.253 e. The third-order valence-corrected chi connectivity index (χ3v) is 4.83. The standard InChI is InChI=1S/C22H24FN5O3/c1-14(19-12-27(3)26-15(19)2)25-22(31)17-6-9-21(30)28(11-17)13-20(29)24-10-16-4-7-18(23)8-5-16/h4-9,11-12,14H,10,13H2,1-3H3,(H,24,29)(H,25,31)/t14-/m0/s1. The predicted octanol–water partition coefficient (Wildman–Crippen LogP) is 1.84. The zero-order valence-corrected chi connectivity index (χ0v) is 17.6. The topological polar surface area (TPSA) is 98.0 Å². The van der Waals surface area contributed by atoms with Crippen LogP contribution in [-0.2, 0) is 24.9 Å². The lowest BCUT2D eigenvalue weighted by Crippen LogP contribution is -2.33. The van der Waals surface area contributed by atoms with E-state index in [9.17, 15) is 18.8 Å². The number of rotatable bonds is 7. The Morgan fingerprint density at radius 2 is 1.84 bits per heavy atom. The molecule has 0 spiro atoms. The van der Waals surface area contributed by atoms with Crippen LogP contribution in [0.25, 0.3) is 0 Å². The van der Waals surface area contributed by atoms with Crippen LogP contribution >= 0.6 is 0 Å². The number of nitrogens with one attached hydrogen (secondary N) is 2. The van der Waals surface area contributed by atoms with E-state index in [1.54, 1.807) is 16.8 Å². The van der Waals surface area contributed by atoms with Gasteiger partial charge in [0.25, 0.3) is 11.5 Å². The van der Waals surface area contributed by atoms with Gasteiger partial charge in [0.1, 0.15) is 12.4 Å². The van der Waals surface area contributed by atoms with E-state index in [1.165, 1.54) is 35.0 Å². The number of nitrogens with zero attached hydrogens (tertiary/aromatic N) is 3. The van der Waals surface area contributed by atoms with Crippen LogP contribution in [0.2, 0.25) is 0 Å². The van der Waals surface area contributed by atoms with Crippen molar-refractivity contribution in [2.24, 2.45) is 7.05 Å². The molecule has 1 aromatic carbocycles. The van der Waals surface area contributed by atoms with Crippen molar-refractivity contribution in [1.29, 1.82) is 0 Å². The molecular formula is C22H24FN5O3. The van der Waals surface area contributed by atoms with Gasteiger partial charge in [-0.15, -0.1) is 0 Å². The highest BCUT2D eigenvalue weighted by Gasteiger charge is 2.16. The molecular weight excluding hydrogens is 401 g/mol. The minimum absolute atomic E-state index is 0.204. The Bertz CT molecular complexity index is 1150. The summed E-state index contributed by atoms with van der Waals surface area (Å²) in [6.45, 7) is 3.68. The van der Waals surface area contributed by atoms with E-state index in [0.29, 0.717) is 0 Å². The molecule has 0 aliphatic carbocycles. The number of pyridine rings is 1. The van der Waals surface area contributed by atoms with Crippen LogP contribution in [-0.4, -0.2) is 26.2 Å². The highest BCUT2D eigenvalue weighted by Crippen LogP contribution is 2.16. The highest BCUT2D eigenvalue weighted by atomic mass is 19.1. The first-order chi connectivity index (χ1) is 14.7. The Labute approximate surface area is 178 Å². The zero-order valence-electron chi connectivity index (χ0n) is 17.6. The molecule has 0 aliphatic rings. The molecule has 2 amide bonds. The van der Waals surface area contributed by atoms with E-state index in [0.717, 1.165) is 16.8 Å². The van der Waals surface area contributed by atoms with E-state index in [-0.39, 0.29) is 36.4 Å². The van der Waals surface area contributed by atoms with Gasteiger partial charge in [-0.05, 0) is 37.6 Å². The highest BCUT2D eigenvalue weighted by molar-refractivity contribution is 5.94. The lowest BCUT2D eigenvalue weighted by molar-refractivity contribution is -0.121. The van der Waals surface area contributed by atoms with Gasteiger partial charge in [-0.1, -0.05) is 12.1 Å². The molecule has 0 aliphatic heterocycles. The zero-order chi connectivity index (χ0) is 22.5. The van der Waals surface area contributed by atoms with Crippen molar-refractivity contribution < 1.29 is 14.0 Å². The molecule has 3 aromatic rings. The van der Waals surface area contributed by atoms with Crippen molar-refractivity contribution in [3.8, 4) is 0 Å². The van der Waals surface area contributed by atoms with Gasteiger partial charge in [0, 0.05) is 37.6 Å². The maximum atomic E-state index is 13.0. The van der Waals surface area contributed by atoms with Crippen molar-refractivity contribution >= 4 is 11.8 Å². The number of carbonyl (C=O) groups is 2. The lowest BCUT2D eigenvalue weighted by atomic mass is 10.1. The van der Waals surface area contributed by atoms with Crippen LogP contribution in [0.1, 0.15) is 40.1 Å². The Hall–Kier alpha value is -3.75. The average Bonchev–Trinajstić information content (AvgIpc) is 3.07. The largest absolute Gasteiger partial charge is 0.350 e. The third-order valence-electron chi connectivity index (χ3n) is 4.83. The SMILES string of the molecule is Cc1nn(C)cc1[C@H](C)NC(=O)c1ccc(=O)n(CC(=O)NCc2ccc(F)cc2)c1. The number of carbonyl (C=O) groups excluding carboxylic acids is 2. The Balaban J connectivity index is 1.64. The number of aryl methyl sites for hydroxylation is 2. The minimum Gasteiger partial charge on any atom is -0.350 e. The molecule has 0 saturated heterocycles. The number of hydrogen-bond donors (Lipinski definition) is 2. The van der Waals surface area contributed by atoms with Gasteiger partial charge in [0.2, 0.25) is 5.91 Å². The molecule has 31 heavy (non-hydrogen) atoms. The van der Waals surface area contributed by atoms with Crippen LogP contribution in [0, 0.1) is 12.7 Å². The van der Waals surface area contributed by atoms with Crippen molar-refractivity contribution in [3.63, 3.8) is 0 Å². The van der Waals surface area contributed by atoms with Crippen molar-refractivity contribution in [1.82, 2.24) is 25.0 Å². The van der Waals surface area contributed by atoms with Gasteiger partial charge >= 0.3 is 0 Å².